The van der Waals surface area contributed by atoms with Gasteiger partial charge in [-0.25, -0.2) is 0 Å². The molecule has 0 radical (unpaired) electrons. The number of ether oxygens (including phenoxy) is 3. The van der Waals surface area contributed by atoms with Crippen molar-refractivity contribution in [2.24, 2.45) is 0 Å². The minimum atomic E-state index is -0.316. The van der Waals surface area contributed by atoms with Crippen LogP contribution in [0.1, 0.15) is 0 Å². The number of H-pyrrole nitrogens is 1. The molecule has 0 saturated carbocycles. The van der Waals surface area contributed by atoms with E-state index in [1.807, 2.05) is 0 Å². The third kappa shape index (κ3) is 1.76. The van der Waals surface area contributed by atoms with Crippen molar-refractivity contribution in [3.63, 3.8) is 0 Å². The number of methoxy groups -OCH3 is 3. The van der Waals surface area contributed by atoms with Gasteiger partial charge in [-0.2, -0.15) is 0 Å². The van der Waals surface area contributed by atoms with Gasteiger partial charge >= 0.3 is 0 Å². The van der Waals surface area contributed by atoms with Crippen LogP contribution in [-0.2, 0) is 0 Å². The van der Waals surface area contributed by atoms with Gasteiger partial charge in [0.1, 0.15) is 5.02 Å². The fourth-order valence-electron chi connectivity index (χ4n) is 1.82. The number of pyridine rings is 1. The molecule has 0 spiro atoms. The van der Waals surface area contributed by atoms with Crippen LogP contribution in [0.4, 0.5) is 0 Å². The molecule has 0 saturated heterocycles. The second-order valence-corrected chi connectivity index (χ2v) is 3.94. The van der Waals surface area contributed by atoms with Crippen molar-refractivity contribution in [2.45, 2.75) is 0 Å². The summed E-state index contributed by atoms with van der Waals surface area (Å²) in [7, 11) is 4.44. The average Bonchev–Trinajstić information content (AvgIpc) is 2.40. The molecule has 0 bridgehead atoms. The molecule has 18 heavy (non-hydrogen) atoms. The summed E-state index contributed by atoms with van der Waals surface area (Å²) >= 11 is 5.81. The van der Waals surface area contributed by atoms with Crippen molar-refractivity contribution in [3.05, 3.63) is 27.5 Å². The SMILES string of the molecule is COc1cc2[nH]cc(Cl)c(=O)c2c(OC)c1OC. The minimum Gasteiger partial charge on any atom is -0.493 e. The van der Waals surface area contributed by atoms with Crippen LogP contribution in [-0.4, -0.2) is 26.3 Å². The van der Waals surface area contributed by atoms with Gasteiger partial charge in [-0.1, -0.05) is 11.6 Å². The van der Waals surface area contributed by atoms with Crippen LogP contribution in [0.15, 0.2) is 17.1 Å². The zero-order chi connectivity index (χ0) is 13.3. The summed E-state index contributed by atoms with van der Waals surface area (Å²) in [5.41, 5.74) is 0.252. The van der Waals surface area contributed by atoms with Crippen molar-refractivity contribution < 1.29 is 14.2 Å². The van der Waals surface area contributed by atoms with Crippen LogP contribution in [0.25, 0.3) is 10.9 Å². The van der Waals surface area contributed by atoms with Crippen molar-refractivity contribution in [1.29, 1.82) is 0 Å². The van der Waals surface area contributed by atoms with Gasteiger partial charge in [0, 0.05) is 12.3 Å². The lowest BCUT2D eigenvalue weighted by Gasteiger charge is -2.14. The molecule has 2 aromatic rings. The van der Waals surface area contributed by atoms with Crippen LogP contribution in [0.3, 0.4) is 0 Å². The number of benzene rings is 1. The minimum absolute atomic E-state index is 0.0908. The maximum Gasteiger partial charge on any atom is 0.211 e. The zero-order valence-electron chi connectivity index (χ0n) is 10.2. The molecule has 0 aliphatic rings. The summed E-state index contributed by atoms with van der Waals surface area (Å²) in [5.74, 6) is 1.13. The Morgan fingerprint density at radius 1 is 1.11 bits per heavy atom. The van der Waals surface area contributed by atoms with E-state index >= 15 is 0 Å². The number of aromatic nitrogens is 1. The number of nitrogens with one attached hydrogen (secondary N) is 1. The Hall–Kier alpha value is -1.88. The van der Waals surface area contributed by atoms with E-state index in [1.165, 1.54) is 27.5 Å². The predicted molar refractivity (Wildman–Crippen MR) is 69.2 cm³/mol. The summed E-state index contributed by atoms with van der Waals surface area (Å²) in [6.45, 7) is 0. The first-order valence-electron chi connectivity index (χ1n) is 5.13. The second kappa shape index (κ2) is 4.78. The van der Waals surface area contributed by atoms with Crippen LogP contribution in [0.2, 0.25) is 5.02 Å². The van der Waals surface area contributed by atoms with Crippen molar-refractivity contribution in [3.8, 4) is 17.2 Å². The molecule has 2 rings (SSSR count). The van der Waals surface area contributed by atoms with Crippen LogP contribution < -0.4 is 19.6 Å². The van der Waals surface area contributed by atoms with Gasteiger partial charge in [-0.15, -0.1) is 0 Å². The Kier molecular flexibility index (Phi) is 3.34. The van der Waals surface area contributed by atoms with E-state index in [2.05, 4.69) is 4.98 Å². The summed E-state index contributed by atoms with van der Waals surface area (Å²) in [4.78, 5) is 15.0. The van der Waals surface area contributed by atoms with Gasteiger partial charge in [0.25, 0.3) is 0 Å². The Morgan fingerprint density at radius 2 is 1.78 bits per heavy atom. The first kappa shape index (κ1) is 12.6. The zero-order valence-corrected chi connectivity index (χ0v) is 10.9. The van der Waals surface area contributed by atoms with Gasteiger partial charge in [0.15, 0.2) is 11.5 Å². The van der Waals surface area contributed by atoms with Gasteiger partial charge in [-0.3, -0.25) is 4.79 Å². The molecule has 0 aliphatic heterocycles. The Morgan fingerprint density at radius 3 is 2.33 bits per heavy atom. The molecule has 1 heterocycles. The standard InChI is InChI=1S/C12H12ClNO4/c1-16-8-4-7-9(10(15)6(13)5-14-7)12(18-3)11(8)17-2/h4-5H,1-3H3,(H,14,15). The highest BCUT2D eigenvalue weighted by molar-refractivity contribution is 6.31. The first-order valence-corrected chi connectivity index (χ1v) is 5.51. The quantitative estimate of drug-likeness (QED) is 0.928. The lowest BCUT2D eigenvalue weighted by Crippen LogP contribution is -2.07. The molecule has 0 unspecified atom stereocenters. The van der Waals surface area contributed by atoms with E-state index in [4.69, 9.17) is 25.8 Å². The van der Waals surface area contributed by atoms with E-state index in [1.54, 1.807) is 6.07 Å². The second-order valence-electron chi connectivity index (χ2n) is 3.53. The van der Waals surface area contributed by atoms with Crippen LogP contribution in [0, 0.1) is 0 Å². The molecular weight excluding hydrogens is 258 g/mol. The largest absolute Gasteiger partial charge is 0.493 e. The van der Waals surface area contributed by atoms with Crippen LogP contribution in [0.5, 0.6) is 17.2 Å². The molecular formula is C12H12ClNO4. The third-order valence-electron chi connectivity index (χ3n) is 2.63. The Bertz CT molecular complexity index is 651. The topological polar surface area (TPSA) is 60.6 Å². The summed E-state index contributed by atoms with van der Waals surface area (Å²) in [6, 6.07) is 1.66. The maximum absolute atomic E-state index is 12.0. The smallest absolute Gasteiger partial charge is 0.211 e. The third-order valence-corrected chi connectivity index (χ3v) is 2.91. The van der Waals surface area contributed by atoms with Gasteiger partial charge < -0.3 is 19.2 Å². The average molecular weight is 270 g/mol. The lowest BCUT2D eigenvalue weighted by molar-refractivity contribution is 0.327. The fourth-order valence-corrected chi connectivity index (χ4v) is 1.97. The molecule has 0 fully saturated rings. The summed E-state index contributed by atoms with van der Waals surface area (Å²) in [5, 5.41) is 0.427. The molecule has 0 amide bonds. The van der Waals surface area contributed by atoms with Gasteiger partial charge in [0.2, 0.25) is 11.2 Å². The highest BCUT2D eigenvalue weighted by Crippen LogP contribution is 2.41. The first-order chi connectivity index (χ1) is 8.63. The highest BCUT2D eigenvalue weighted by atomic mass is 35.5. The number of hydrogen-bond donors (Lipinski definition) is 1. The number of fused-ring (bicyclic) bond motifs is 1. The van der Waals surface area contributed by atoms with E-state index in [0.29, 0.717) is 28.2 Å². The summed E-state index contributed by atoms with van der Waals surface area (Å²) < 4.78 is 15.7. The van der Waals surface area contributed by atoms with E-state index in [-0.39, 0.29) is 10.5 Å². The van der Waals surface area contributed by atoms with Gasteiger partial charge in [0.05, 0.1) is 32.2 Å². The van der Waals surface area contributed by atoms with E-state index in [9.17, 15) is 4.79 Å². The normalized spacial score (nSPS) is 10.4. The highest BCUT2D eigenvalue weighted by Gasteiger charge is 2.19. The maximum atomic E-state index is 12.0. The molecule has 0 aliphatic carbocycles. The molecule has 96 valence electrons. The van der Waals surface area contributed by atoms with Crippen molar-refractivity contribution in [1.82, 2.24) is 4.98 Å². The number of aromatic amines is 1. The van der Waals surface area contributed by atoms with Crippen molar-refractivity contribution in [2.75, 3.05) is 21.3 Å². The van der Waals surface area contributed by atoms with E-state index < -0.39 is 0 Å². The molecule has 1 N–H and O–H groups in total. The number of hydrogen-bond acceptors (Lipinski definition) is 4. The monoisotopic (exact) mass is 269 g/mol. The van der Waals surface area contributed by atoms with Crippen LogP contribution >= 0.6 is 11.6 Å². The lowest BCUT2D eigenvalue weighted by atomic mass is 10.1. The Labute approximate surface area is 108 Å². The molecule has 1 aromatic heterocycles. The molecule has 6 heteroatoms. The van der Waals surface area contributed by atoms with E-state index in [0.717, 1.165) is 0 Å². The fraction of sp³-hybridized carbons (Fsp3) is 0.250. The number of halogens is 1. The number of rotatable bonds is 3. The molecule has 5 nitrogen and oxygen atoms in total. The van der Waals surface area contributed by atoms with Crippen molar-refractivity contribution >= 4 is 22.5 Å². The predicted octanol–water partition coefficient (Wildman–Crippen LogP) is 2.21. The summed E-state index contributed by atoms with van der Waals surface area (Å²) in [6.07, 6.45) is 1.43. The molecule has 1 aromatic carbocycles. The van der Waals surface area contributed by atoms with Gasteiger partial charge in [-0.05, 0) is 0 Å². The molecule has 0 atom stereocenters. The Balaban J connectivity index is 2.98.